The van der Waals surface area contributed by atoms with Crippen molar-refractivity contribution in [3.8, 4) is 0 Å². The summed E-state index contributed by atoms with van der Waals surface area (Å²) < 4.78 is 4.90. The normalized spacial score (nSPS) is 12.5. The van der Waals surface area contributed by atoms with Crippen molar-refractivity contribution in [1.82, 2.24) is 0 Å². The summed E-state index contributed by atoms with van der Waals surface area (Å²) in [7, 11) is 0. The minimum atomic E-state index is -0.445. The lowest BCUT2D eigenvalue weighted by molar-refractivity contribution is -0.124. The van der Waals surface area contributed by atoms with E-state index in [1.807, 2.05) is 6.92 Å². The zero-order valence-corrected chi connectivity index (χ0v) is 6.88. The number of carbonyl (C=O) groups excluding carboxylic acids is 1. The van der Waals surface area contributed by atoms with Gasteiger partial charge in [0, 0.05) is 6.61 Å². The number of rotatable bonds is 6. The number of carbonyl (C=O) groups is 1. The molecule has 64 valence electrons. The number of ether oxygens (including phenoxy) is 1. The summed E-state index contributed by atoms with van der Waals surface area (Å²) in [6.45, 7) is 5.99. The van der Waals surface area contributed by atoms with Gasteiger partial charge in [0.1, 0.15) is 6.61 Å². The fourth-order valence-corrected chi connectivity index (χ4v) is 0.621. The molecule has 11 heavy (non-hydrogen) atoms. The van der Waals surface area contributed by atoms with Gasteiger partial charge in [-0.05, 0) is 13.3 Å². The molecule has 2 N–H and O–H groups in total. The van der Waals surface area contributed by atoms with Crippen LogP contribution in [0.3, 0.4) is 0 Å². The first-order valence-electron chi connectivity index (χ1n) is 3.69. The highest BCUT2D eigenvalue weighted by Crippen LogP contribution is 1.91. The number of Topliss-reactive ketones (excluding diaryl/α,β-unsaturated/α-hetero) is 1. The predicted molar refractivity (Wildman–Crippen MR) is 44.3 cm³/mol. The van der Waals surface area contributed by atoms with E-state index in [0.717, 1.165) is 0 Å². The lowest BCUT2D eigenvalue weighted by atomic mass is 10.1. The van der Waals surface area contributed by atoms with E-state index in [1.54, 1.807) is 6.08 Å². The summed E-state index contributed by atoms with van der Waals surface area (Å²) in [6.07, 6.45) is 2.15. The molecule has 0 spiro atoms. The molecule has 0 aromatic rings. The standard InChI is InChI=1S/C8H15NO2/c1-3-5-7(9)8(10)6-11-4-2/h3,7H,1,4-6,9H2,2H3. The van der Waals surface area contributed by atoms with Gasteiger partial charge in [-0.3, -0.25) is 4.79 Å². The van der Waals surface area contributed by atoms with Crippen LogP contribution >= 0.6 is 0 Å². The lowest BCUT2D eigenvalue weighted by Crippen LogP contribution is -2.32. The fraction of sp³-hybridized carbons (Fsp3) is 0.625. The molecule has 0 aliphatic heterocycles. The first-order valence-corrected chi connectivity index (χ1v) is 3.69. The van der Waals surface area contributed by atoms with Gasteiger partial charge in [-0.25, -0.2) is 0 Å². The highest BCUT2D eigenvalue weighted by Gasteiger charge is 2.10. The Morgan fingerprint density at radius 3 is 2.91 bits per heavy atom. The third-order valence-corrected chi connectivity index (χ3v) is 1.28. The quantitative estimate of drug-likeness (QED) is 0.571. The van der Waals surface area contributed by atoms with Crippen LogP contribution in [0.5, 0.6) is 0 Å². The molecule has 3 nitrogen and oxygen atoms in total. The van der Waals surface area contributed by atoms with Crippen molar-refractivity contribution in [1.29, 1.82) is 0 Å². The average Bonchev–Trinajstić information content (AvgIpc) is 2.00. The molecule has 0 aliphatic rings. The van der Waals surface area contributed by atoms with Crippen LogP contribution in [0.4, 0.5) is 0 Å². The summed E-state index contributed by atoms with van der Waals surface area (Å²) in [4.78, 5) is 11.0. The lowest BCUT2D eigenvalue weighted by Gasteiger charge is -2.06. The Bertz CT molecular complexity index is 134. The van der Waals surface area contributed by atoms with E-state index in [1.165, 1.54) is 0 Å². The topological polar surface area (TPSA) is 52.3 Å². The zero-order valence-electron chi connectivity index (χ0n) is 6.88. The largest absolute Gasteiger partial charge is 0.374 e. The molecular formula is C8H15NO2. The molecule has 1 unspecified atom stereocenters. The first kappa shape index (κ1) is 10.3. The molecule has 0 fully saturated rings. The van der Waals surface area contributed by atoms with Gasteiger partial charge in [0.15, 0.2) is 5.78 Å². The van der Waals surface area contributed by atoms with E-state index in [0.29, 0.717) is 13.0 Å². The van der Waals surface area contributed by atoms with Crippen molar-refractivity contribution in [3.63, 3.8) is 0 Å². The maximum Gasteiger partial charge on any atom is 0.175 e. The Hall–Kier alpha value is -0.670. The van der Waals surface area contributed by atoms with Gasteiger partial charge < -0.3 is 10.5 Å². The molecule has 0 heterocycles. The van der Waals surface area contributed by atoms with E-state index < -0.39 is 6.04 Å². The summed E-state index contributed by atoms with van der Waals surface area (Å²) in [6, 6.07) is -0.445. The van der Waals surface area contributed by atoms with Crippen molar-refractivity contribution in [2.24, 2.45) is 5.73 Å². The molecule has 0 bridgehead atoms. The Morgan fingerprint density at radius 1 is 1.82 bits per heavy atom. The Morgan fingerprint density at radius 2 is 2.45 bits per heavy atom. The number of ketones is 1. The Labute approximate surface area is 67.2 Å². The van der Waals surface area contributed by atoms with Crippen molar-refractivity contribution in [3.05, 3.63) is 12.7 Å². The van der Waals surface area contributed by atoms with E-state index >= 15 is 0 Å². The van der Waals surface area contributed by atoms with Crippen molar-refractivity contribution < 1.29 is 9.53 Å². The van der Waals surface area contributed by atoms with Crippen LogP contribution in [0.15, 0.2) is 12.7 Å². The van der Waals surface area contributed by atoms with Crippen LogP contribution in [0.25, 0.3) is 0 Å². The van der Waals surface area contributed by atoms with Crippen molar-refractivity contribution >= 4 is 5.78 Å². The second-order valence-corrected chi connectivity index (χ2v) is 2.23. The molecule has 1 atom stereocenters. The van der Waals surface area contributed by atoms with Gasteiger partial charge in [0.05, 0.1) is 6.04 Å². The second-order valence-electron chi connectivity index (χ2n) is 2.23. The van der Waals surface area contributed by atoms with Gasteiger partial charge in [0.25, 0.3) is 0 Å². The van der Waals surface area contributed by atoms with Crippen LogP contribution in [0.1, 0.15) is 13.3 Å². The monoisotopic (exact) mass is 157 g/mol. The molecule has 0 radical (unpaired) electrons. The highest BCUT2D eigenvalue weighted by molar-refractivity contribution is 5.85. The number of hydrogen-bond acceptors (Lipinski definition) is 3. The Balaban J connectivity index is 3.54. The third-order valence-electron chi connectivity index (χ3n) is 1.28. The molecule has 0 rings (SSSR count). The van der Waals surface area contributed by atoms with Crippen LogP contribution in [-0.4, -0.2) is 25.0 Å². The minimum absolute atomic E-state index is 0.0632. The molecule has 0 saturated heterocycles. The van der Waals surface area contributed by atoms with Crippen molar-refractivity contribution in [2.45, 2.75) is 19.4 Å². The summed E-state index contributed by atoms with van der Waals surface area (Å²) in [5.41, 5.74) is 5.47. The predicted octanol–water partition coefficient (Wildman–Crippen LogP) is 0.495. The van der Waals surface area contributed by atoms with Gasteiger partial charge in [-0.1, -0.05) is 6.08 Å². The van der Waals surface area contributed by atoms with Crippen LogP contribution < -0.4 is 5.73 Å². The van der Waals surface area contributed by atoms with Crippen LogP contribution in [0, 0.1) is 0 Å². The SMILES string of the molecule is C=CCC(N)C(=O)COCC. The molecule has 3 heteroatoms. The Kier molecular flexibility index (Phi) is 5.70. The summed E-state index contributed by atoms with van der Waals surface area (Å²) >= 11 is 0. The maximum atomic E-state index is 11.0. The second kappa shape index (κ2) is 6.07. The first-order chi connectivity index (χ1) is 5.22. The molecular weight excluding hydrogens is 142 g/mol. The number of nitrogens with two attached hydrogens (primary N) is 1. The smallest absolute Gasteiger partial charge is 0.175 e. The molecule has 0 aromatic carbocycles. The van der Waals surface area contributed by atoms with Gasteiger partial charge >= 0.3 is 0 Å². The zero-order chi connectivity index (χ0) is 8.69. The molecule has 0 aromatic heterocycles. The van der Waals surface area contributed by atoms with E-state index in [-0.39, 0.29) is 12.4 Å². The van der Waals surface area contributed by atoms with Crippen LogP contribution in [0.2, 0.25) is 0 Å². The summed E-state index contributed by atoms with van der Waals surface area (Å²) in [5, 5.41) is 0. The summed E-state index contributed by atoms with van der Waals surface area (Å²) in [5.74, 6) is -0.0632. The molecule has 0 saturated carbocycles. The van der Waals surface area contributed by atoms with Gasteiger partial charge in [-0.2, -0.15) is 0 Å². The highest BCUT2D eigenvalue weighted by atomic mass is 16.5. The third kappa shape index (κ3) is 4.70. The average molecular weight is 157 g/mol. The fourth-order valence-electron chi connectivity index (χ4n) is 0.621. The minimum Gasteiger partial charge on any atom is -0.374 e. The van der Waals surface area contributed by atoms with Crippen LogP contribution in [-0.2, 0) is 9.53 Å². The van der Waals surface area contributed by atoms with E-state index in [4.69, 9.17) is 10.5 Å². The van der Waals surface area contributed by atoms with Gasteiger partial charge in [0.2, 0.25) is 0 Å². The molecule has 0 amide bonds. The maximum absolute atomic E-state index is 11.0. The van der Waals surface area contributed by atoms with Gasteiger partial charge in [-0.15, -0.1) is 6.58 Å². The van der Waals surface area contributed by atoms with Crippen molar-refractivity contribution in [2.75, 3.05) is 13.2 Å². The number of hydrogen-bond donors (Lipinski definition) is 1. The molecule has 0 aliphatic carbocycles. The van der Waals surface area contributed by atoms with E-state index in [9.17, 15) is 4.79 Å². The van der Waals surface area contributed by atoms with E-state index in [2.05, 4.69) is 6.58 Å².